The number of hydrogen-bond acceptors (Lipinski definition) is 1. The number of rotatable bonds is 12. The Morgan fingerprint density at radius 1 is 0.950 bits per heavy atom. The summed E-state index contributed by atoms with van der Waals surface area (Å²) >= 11 is 0. The number of unbranched alkanes of at least 4 members (excludes halogenated alkanes) is 4. The van der Waals surface area contributed by atoms with E-state index >= 15 is 0 Å². The van der Waals surface area contributed by atoms with Crippen LogP contribution in [0.3, 0.4) is 0 Å². The van der Waals surface area contributed by atoms with Crippen LogP contribution in [0.25, 0.3) is 0 Å². The summed E-state index contributed by atoms with van der Waals surface area (Å²) in [5, 5.41) is 0. The zero-order valence-corrected chi connectivity index (χ0v) is 15.7. The van der Waals surface area contributed by atoms with Gasteiger partial charge in [0.25, 0.3) is 0 Å². The van der Waals surface area contributed by atoms with Crippen molar-refractivity contribution in [1.82, 2.24) is 0 Å². The van der Waals surface area contributed by atoms with Gasteiger partial charge in [0.2, 0.25) is 7.37 Å². The molecule has 1 N–H and O–H groups in total. The van der Waals surface area contributed by atoms with Gasteiger partial charge in [0.1, 0.15) is 0 Å². The van der Waals surface area contributed by atoms with E-state index < -0.39 is 7.37 Å². The average molecular weight is 349 g/mol. The smallest absolute Gasteiger partial charge is 0.203 e. The molecule has 3 atom stereocenters. The third kappa shape index (κ3) is 10.4. The molecule has 0 aromatic heterocycles. The molecule has 0 aliphatic rings. The molecule has 0 fully saturated rings. The zero-order valence-electron chi connectivity index (χ0n) is 13.8. The monoisotopic (exact) mass is 348 g/mol. The summed E-state index contributed by atoms with van der Waals surface area (Å²) in [6.07, 6.45) is 10.7. The Bertz CT molecular complexity index is 259. The molecule has 0 aliphatic carbocycles. The van der Waals surface area contributed by atoms with Gasteiger partial charge in [0, 0.05) is 28.3 Å². The zero-order chi connectivity index (χ0) is 14.7. The van der Waals surface area contributed by atoms with E-state index in [1.807, 2.05) is 6.92 Å². The SMILES string of the molecule is CCCCCCC(C)P(=O)(O)CC(CC)CCCC.[Ni]. The molecule has 0 rings (SSSR count). The molecule has 0 aromatic carbocycles. The molecule has 2 nitrogen and oxygen atoms in total. The Balaban J connectivity index is 0. The molecule has 0 heterocycles. The van der Waals surface area contributed by atoms with Crippen molar-refractivity contribution in [3.05, 3.63) is 0 Å². The first-order chi connectivity index (χ1) is 8.97. The maximum Gasteiger partial charge on any atom is 0.203 e. The summed E-state index contributed by atoms with van der Waals surface area (Å²) in [5.41, 5.74) is -0.0139. The van der Waals surface area contributed by atoms with Crippen LogP contribution in [0.15, 0.2) is 0 Å². The Morgan fingerprint density at radius 3 is 2.05 bits per heavy atom. The Labute approximate surface area is 136 Å². The Morgan fingerprint density at radius 2 is 1.55 bits per heavy atom. The number of hydrogen-bond donors (Lipinski definition) is 1. The van der Waals surface area contributed by atoms with Crippen molar-refractivity contribution in [1.29, 1.82) is 0 Å². The Kier molecular flexibility index (Phi) is 15.3. The molecule has 0 saturated carbocycles. The molecule has 126 valence electrons. The third-order valence-corrected chi connectivity index (χ3v) is 6.90. The first-order valence-corrected chi connectivity index (χ1v) is 10.2. The fourth-order valence-corrected chi connectivity index (χ4v) is 4.66. The van der Waals surface area contributed by atoms with E-state index in [4.69, 9.17) is 0 Å². The van der Waals surface area contributed by atoms with Gasteiger partial charge in [-0.25, -0.2) is 0 Å². The molecule has 0 amide bonds. The summed E-state index contributed by atoms with van der Waals surface area (Å²) in [6.45, 7) is 8.49. The van der Waals surface area contributed by atoms with Gasteiger partial charge in [-0.05, 0) is 18.8 Å². The maximum absolute atomic E-state index is 12.5. The molecule has 20 heavy (non-hydrogen) atoms. The quantitative estimate of drug-likeness (QED) is 0.273. The fourth-order valence-electron chi connectivity index (χ4n) is 2.54. The van der Waals surface area contributed by atoms with Gasteiger partial charge in [-0.15, -0.1) is 0 Å². The van der Waals surface area contributed by atoms with E-state index in [-0.39, 0.29) is 22.2 Å². The van der Waals surface area contributed by atoms with Crippen LogP contribution in [0.5, 0.6) is 0 Å². The molecule has 0 saturated heterocycles. The maximum atomic E-state index is 12.5. The third-order valence-electron chi connectivity index (χ3n) is 4.23. The summed E-state index contributed by atoms with van der Waals surface area (Å²) in [5.74, 6) is 0.439. The summed E-state index contributed by atoms with van der Waals surface area (Å²) < 4.78 is 12.5. The van der Waals surface area contributed by atoms with Crippen LogP contribution in [0.2, 0.25) is 0 Å². The van der Waals surface area contributed by atoms with Crippen molar-refractivity contribution < 1.29 is 25.9 Å². The molecular formula is C16H35NiO2P. The molecule has 0 aromatic rings. The predicted octanol–water partition coefficient (Wildman–Crippen LogP) is 5.83. The van der Waals surface area contributed by atoms with Gasteiger partial charge >= 0.3 is 0 Å². The molecule has 0 radical (unpaired) electrons. The first kappa shape index (κ1) is 23.0. The van der Waals surface area contributed by atoms with Crippen molar-refractivity contribution in [2.24, 2.45) is 5.92 Å². The van der Waals surface area contributed by atoms with E-state index in [0.717, 1.165) is 25.7 Å². The van der Waals surface area contributed by atoms with Crippen LogP contribution < -0.4 is 0 Å². The summed E-state index contributed by atoms with van der Waals surface area (Å²) in [4.78, 5) is 10.3. The second kappa shape index (κ2) is 13.4. The fraction of sp³-hybridized carbons (Fsp3) is 1.00. The Hall–Kier alpha value is 0.684. The normalized spacial score (nSPS) is 17.1. The van der Waals surface area contributed by atoms with Gasteiger partial charge < -0.3 is 4.89 Å². The van der Waals surface area contributed by atoms with Crippen molar-refractivity contribution in [2.75, 3.05) is 6.16 Å². The van der Waals surface area contributed by atoms with Crippen LogP contribution in [-0.2, 0) is 21.1 Å². The largest absolute Gasteiger partial charge is 0.344 e. The van der Waals surface area contributed by atoms with E-state index in [2.05, 4.69) is 20.8 Å². The van der Waals surface area contributed by atoms with E-state index in [0.29, 0.717) is 12.1 Å². The summed E-state index contributed by atoms with van der Waals surface area (Å²) in [7, 11) is -2.95. The minimum atomic E-state index is -2.95. The standard InChI is InChI=1S/C16H35O2P.Ni/c1-5-8-10-11-12-15(4)19(17,18)14-16(7-3)13-9-6-2;/h15-16H,5-14H2,1-4H3,(H,17,18);. The molecule has 4 heteroatoms. The van der Waals surface area contributed by atoms with Crippen LogP contribution in [0.1, 0.15) is 85.5 Å². The summed E-state index contributed by atoms with van der Waals surface area (Å²) in [6, 6.07) is 0. The minimum Gasteiger partial charge on any atom is -0.344 e. The van der Waals surface area contributed by atoms with Crippen LogP contribution in [0, 0.1) is 5.92 Å². The molecule has 0 spiro atoms. The van der Waals surface area contributed by atoms with Gasteiger partial charge in [-0.3, -0.25) is 4.57 Å². The van der Waals surface area contributed by atoms with E-state index in [1.54, 1.807) is 0 Å². The van der Waals surface area contributed by atoms with Crippen molar-refractivity contribution in [2.45, 2.75) is 91.1 Å². The van der Waals surface area contributed by atoms with Crippen LogP contribution in [0.4, 0.5) is 0 Å². The second-order valence-electron chi connectivity index (χ2n) is 6.05. The molecule has 3 unspecified atom stereocenters. The van der Waals surface area contributed by atoms with Gasteiger partial charge in [-0.1, -0.05) is 72.6 Å². The first-order valence-electron chi connectivity index (χ1n) is 8.29. The van der Waals surface area contributed by atoms with E-state index in [9.17, 15) is 9.46 Å². The minimum absolute atomic E-state index is 0. The van der Waals surface area contributed by atoms with Crippen LogP contribution in [-0.4, -0.2) is 16.7 Å². The van der Waals surface area contributed by atoms with Crippen molar-refractivity contribution in [3.63, 3.8) is 0 Å². The van der Waals surface area contributed by atoms with Crippen molar-refractivity contribution >= 4 is 7.37 Å². The van der Waals surface area contributed by atoms with Gasteiger partial charge in [-0.2, -0.15) is 0 Å². The van der Waals surface area contributed by atoms with Crippen molar-refractivity contribution in [3.8, 4) is 0 Å². The second-order valence-corrected chi connectivity index (χ2v) is 8.81. The molecular weight excluding hydrogens is 314 g/mol. The molecule has 0 bridgehead atoms. The topological polar surface area (TPSA) is 37.3 Å². The predicted molar refractivity (Wildman–Crippen MR) is 86.2 cm³/mol. The van der Waals surface area contributed by atoms with E-state index in [1.165, 1.54) is 32.1 Å². The average Bonchev–Trinajstić information content (AvgIpc) is 2.39. The molecule has 0 aliphatic heterocycles. The van der Waals surface area contributed by atoms with Gasteiger partial charge in [0.05, 0.1) is 0 Å². The van der Waals surface area contributed by atoms with Crippen LogP contribution >= 0.6 is 7.37 Å². The van der Waals surface area contributed by atoms with Gasteiger partial charge in [0.15, 0.2) is 0 Å².